The molecule has 0 aromatic heterocycles. The molecule has 5 heteroatoms. The predicted molar refractivity (Wildman–Crippen MR) is 94.0 cm³/mol. The van der Waals surface area contributed by atoms with Gasteiger partial charge in [-0.2, -0.15) is 0 Å². The van der Waals surface area contributed by atoms with E-state index in [0.29, 0.717) is 22.4 Å². The van der Waals surface area contributed by atoms with Gasteiger partial charge in [-0.25, -0.2) is 0 Å². The number of hydrogen-bond donors (Lipinski definition) is 2. The van der Waals surface area contributed by atoms with Gasteiger partial charge in [-0.3, -0.25) is 4.79 Å². The summed E-state index contributed by atoms with van der Waals surface area (Å²) in [6.07, 6.45) is 3.14. The summed E-state index contributed by atoms with van der Waals surface area (Å²) in [6.45, 7) is 2.65. The molecule has 3 N–H and O–H groups in total. The number of thioether (sulfide) groups is 1. The van der Waals surface area contributed by atoms with Crippen LogP contribution in [0.4, 0.5) is 0 Å². The van der Waals surface area contributed by atoms with E-state index in [1.165, 1.54) is 5.56 Å². The molecule has 0 bridgehead atoms. The Labute approximate surface area is 142 Å². The van der Waals surface area contributed by atoms with Crippen LogP contribution in [0.1, 0.15) is 30.1 Å². The second kappa shape index (κ2) is 6.46. The van der Waals surface area contributed by atoms with E-state index >= 15 is 0 Å². The molecule has 2 aliphatic heterocycles. The first-order valence-corrected chi connectivity index (χ1v) is 9.65. The lowest BCUT2D eigenvalue weighted by molar-refractivity contribution is -0.134. The van der Waals surface area contributed by atoms with Gasteiger partial charge in [0.25, 0.3) is 0 Å². The highest BCUT2D eigenvalue weighted by molar-refractivity contribution is 8.00. The molecule has 124 valence electrons. The summed E-state index contributed by atoms with van der Waals surface area (Å²) in [6, 6.07) is 10.8. The van der Waals surface area contributed by atoms with E-state index in [1.807, 2.05) is 16.7 Å². The highest BCUT2D eigenvalue weighted by atomic mass is 32.2. The molecule has 1 amide bonds. The van der Waals surface area contributed by atoms with Crippen molar-refractivity contribution < 1.29 is 4.79 Å². The van der Waals surface area contributed by atoms with Crippen molar-refractivity contribution in [2.75, 3.05) is 19.6 Å². The van der Waals surface area contributed by atoms with Crippen molar-refractivity contribution in [2.24, 2.45) is 17.6 Å². The zero-order valence-corrected chi connectivity index (χ0v) is 14.2. The fraction of sp³-hybridized carbons (Fsp3) is 0.611. The quantitative estimate of drug-likeness (QED) is 0.889. The maximum Gasteiger partial charge on any atom is 0.226 e. The zero-order chi connectivity index (χ0) is 15.8. The Morgan fingerprint density at radius 3 is 2.91 bits per heavy atom. The van der Waals surface area contributed by atoms with E-state index in [4.69, 9.17) is 5.73 Å². The van der Waals surface area contributed by atoms with Crippen LogP contribution >= 0.6 is 11.8 Å². The number of piperidine rings is 1. The molecule has 1 aliphatic carbocycles. The molecule has 0 spiro atoms. The summed E-state index contributed by atoms with van der Waals surface area (Å²) in [7, 11) is 0. The smallest absolute Gasteiger partial charge is 0.226 e. The fourth-order valence-corrected chi connectivity index (χ4v) is 5.45. The topological polar surface area (TPSA) is 58.4 Å². The van der Waals surface area contributed by atoms with Crippen LogP contribution < -0.4 is 11.1 Å². The van der Waals surface area contributed by atoms with Crippen molar-refractivity contribution in [3.05, 3.63) is 35.9 Å². The second-order valence-electron chi connectivity index (χ2n) is 7.06. The Bertz CT molecular complexity index is 567. The molecular weight excluding hydrogens is 306 g/mol. The van der Waals surface area contributed by atoms with Gasteiger partial charge in [-0.05, 0) is 30.7 Å². The highest BCUT2D eigenvalue weighted by Crippen LogP contribution is 2.51. The monoisotopic (exact) mass is 331 g/mol. The predicted octanol–water partition coefficient (Wildman–Crippen LogP) is 1.98. The van der Waals surface area contributed by atoms with Crippen LogP contribution in [0.25, 0.3) is 0 Å². The van der Waals surface area contributed by atoms with E-state index in [9.17, 15) is 4.79 Å². The van der Waals surface area contributed by atoms with Gasteiger partial charge >= 0.3 is 0 Å². The Morgan fingerprint density at radius 1 is 1.30 bits per heavy atom. The van der Waals surface area contributed by atoms with Crippen LogP contribution in [0, 0.1) is 11.8 Å². The number of benzene rings is 1. The average molecular weight is 331 g/mol. The Morgan fingerprint density at radius 2 is 2.13 bits per heavy atom. The number of amides is 1. The minimum absolute atomic E-state index is 0.173. The molecule has 0 radical (unpaired) electrons. The van der Waals surface area contributed by atoms with Gasteiger partial charge in [0.1, 0.15) is 0 Å². The molecule has 2 saturated heterocycles. The third-order valence-corrected chi connectivity index (χ3v) is 6.88. The molecule has 1 aromatic rings. The normalized spacial score (nSPS) is 36.9. The van der Waals surface area contributed by atoms with Gasteiger partial charge in [0, 0.05) is 36.8 Å². The van der Waals surface area contributed by atoms with Crippen molar-refractivity contribution >= 4 is 17.7 Å². The molecule has 5 unspecified atom stereocenters. The molecule has 1 saturated carbocycles. The molecular formula is C18H25N3OS. The van der Waals surface area contributed by atoms with Gasteiger partial charge in [0.15, 0.2) is 0 Å². The van der Waals surface area contributed by atoms with Crippen LogP contribution in [0.5, 0.6) is 0 Å². The summed E-state index contributed by atoms with van der Waals surface area (Å²) in [4.78, 5) is 14.7. The second-order valence-corrected chi connectivity index (χ2v) is 8.41. The summed E-state index contributed by atoms with van der Waals surface area (Å²) >= 11 is 2.00. The molecule has 3 fully saturated rings. The van der Waals surface area contributed by atoms with E-state index in [0.717, 1.165) is 38.9 Å². The number of nitrogens with one attached hydrogen (secondary N) is 1. The molecule has 4 rings (SSSR count). The Hall–Kier alpha value is -1.04. The minimum Gasteiger partial charge on any atom is -0.341 e. The first-order chi connectivity index (χ1) is 11.2. The third-order valence-electron chi connectivity index (χ3n) is 5.30. The van der Waals surface area contributed by atoms with E-state index < -0.39 is 0 Å². The number of carbonyl (C=O) groups is 1. The van der Waals surface area contributed by atoms with Crippen molar-refractivity contribution in [1.29, 1.82) is 0 Å². The lowest BCUT2D eigenvalue weighted by Crippen LogP contribution is -2.46. The number of hydrogen-bond acceptors (Lipinski definition) is 4. The Kier molecular flexibility index (Phi) is 4.35. The van der Waals surface area contributed by atoms with Crippen molar-refractivity contribution in [3.8, 4) is 0 Å². The van der Waals surface area contributed by atoms with Crippen LogP contribution in [0.3, 0.4) is 0 Å². The standard InChI is InChI=1S/C18H25N3OS/c19-13-7-4-8-21(11-13)18(22)15-9-14(15)17-20-10-16(23-17)12-5-2-1-3-6-12/h1-3,5-6,13-17,20H,4,7-11,19H2. The first kappa shape index (κ1) is 15.5. The summed E-state index contributed by atoms with van der Waals surface area (Å²) in [5, 5.41) is 4.57. The lowest BCUT2D eigenvalue weighted by atomic mass is 10.1. The average Bonchev–Trinajstić information content (AvgIpc) is 3.23. The maximum atomic E-state index is 12.7. The minimum atomic E-state index is 0.173. The van der Waals surface area contributed by atoms with Crippen LogP contribution in [-0.4, -0.2) is 41.9 Å². The summed E-state index contributed by atoms with van der Waals surface area (Å²) in [5.41, 5.74) is 7.40. The lowest BCUT2D eigenvalue weighted by Gasteiger charge is -2.31. The van der Waals surface area contributed by atoms with Crippen molar-refractivity contribution in [1.82, 2.24) is 10.2 Å². The number of carbonyl (C=O) groups excluding carboxylic acids is 1. The third kappa shape index (κ3) is 3.28. The van der Waals surface area contributed by atoms with Gasteiger partial charge in [-0.1, -0.05) is 30.3 Å². The van der Waals surface area contributed by atoms with E-state index in [-0.39, 0.29) is 12.0 Å². The number of nitrogens with two attached hydrogens (primary N) is 1. The molecule has 3 aliphatic rings. The van der Waals surface area contributed by atoms with E-state index in [2.05, 4.69) is 35.6 Å². The first-order valence-electron chi connectivity index (χ1n) is 8.70. The van der Waals surface area contributed by atoms with E-state index in [1.54, 1.807) is 0 Å². The highest BCUT2D eigenvalue weighted by Gasteiger charge is 2.51. The number of nitrogens with zero attached hydrogens (tertiary/aromatic N) is 1. The van der Waals surface area contributed by atoms with Gasteiger partial charge in [-0.15, -0.1) is 11.8 Å². The summed E-state index contributed by atoms with van der Waals surface area (Å²) < 4.78 is 0. The molecule has 1 aromatic carbocycles. The SMILES string of the molecule is NC1CCCN(C(=O)C2CC2C2NCC(c3ccccc3)S2)C1. The van der Waals surface area contributed by atoms with Gasteiger partial charge < -0.3 is 16.0 Å². The van der Waals surface area contributed by atoms with Crippen LogP contribution in [-0.2, 0) is 4.79 Å². The molecule has 4 nitrogen and oxygen atoms in total. The zero-order valence-electron chi connectivity index (χ0n) is 13.4. The molecule has 5 atom stereocenters. The molecule has 2 heterocycles. The summed E-state index contributed by atoms with van der Waals surface area (Å²) in [5.74, 6) is 1.06. The van der Waals surface area contributed by atoms with Crippen molar-refractivity contribution in [3.63, 3.8) is 0 Å². The largest absolute Gasteiger partial charge is 0.341 e. The van der Waals surface area contributed by atoms with Crippen LogP contribution in [0.15, 0.2) is 30.3 Å². The fourth-order valence-electron chi connectivity index (χ4n) is 3.89. The van der Waals surface area contributed by atoms with Gasteiger partial charge in [0.05, 0.1) is 5.37 Å². The maximum absolute atomic E-state index is 12.7. The Balaban J connectivity index is 1.32. The number of likely N-dealkylation sites (tertiary alicyclic amines) is 1. The van der Waals surface area contributed by atoms with Crippen molar-refractivity contribution in [2.45, 2.75) is 35.9 Å². The van der Waals surface area contributed by atoms with Gasteiger partial charge in [0.2, 0.25) is 5.91 Å². The molecule has 23 heavy (non-hydrogen) atoms. The number of rotatable bonds is 3. The van der Waals surface area contributed by atoms with Crippen LogP contribution in [0.2, 0.25) is 0 Å².